The summed E-state index contributed by atoms with van der Waals surface area (Å²) in [6, 6.07) is 3.20. The first-order chi connectivity index (χ1) is 10.6. The summed E-state index contributed by atoms with van der Waals surface area (Å²) in [6.07, 6.45) is 0. The lowest BCUT2D eigenvalue weighted by atomic mass is 9.98. The highest BCUT2D eigenvalue weighted by Gasteiger charge is 2.34. The SMILES string of the molecule is CCOc1ccc(NC(=O)N2C[C@@H](CO)[C@H](CO)C2)nc1C. The van der Waals surface area contributed by atoms with E-state index in [0.29, 0.717) is 37.0 Å². The largest absolute Gasteiger partial charge is 0.492 e. The smallest absolute Gasteiger partial charge is 0.323 e. The molecule has 1 aromatic rings. The van der Waals surface area contributed by atoms with E-state index in [4.69, 9.17) is 4.74 Å². The minimum atomic E-state index is -0.273. The number of aryl methyl sites for hydroxylation is 1. The Morgan fingerprint density at radius 1 is 1.36 bits per heavy atom. The molecule has 2 amide bonds. The molecule has 0 radical (unpaired) electrons. The van der Waals surface area contributed by atoms with Gasteiger partial charge < -0.3 is 19.8 Å². The number of pyridine rings is 1. The molecule has 2 heterocycles. The van der Waals surface area contributed by atoms with E-state index in [1.165, 1.54) is 0 Å². The molecule has 0 spiro atoms. The van der Waals surface area contributed by atoms with Crippen LogP contribution in [-0.2, 0) is 0 Å². The average Bonchev–Trinajstić information content (AvgIpc) is 2.93. The Morgan fingerprint density at radius 3 is 2.50 bits per heavy atom. The third kappa shape index (κ3) is 3.66. The van der Waals surface area contributed by atoms with Crippen molar-refractivity contribution < 1.29 is 19.7 Å². The molecule has 1 fully saturated rings. The maximum atomic E-state index is 12.2. The number of carbonyl (C=O) groups is 1. The highest BCUT2D eigenvalue weighted by molar-refractivity contribution is 5.88. The maximum Gasteiger partial charge on any atom is 0.323 e. The second-order valence-corrected chi connectivity index (χ2v) is 5.43. The van der Waals surface area contributed by atoms with E-state index < -0.39 is 0 Å². The van der Waals surface area contributed by atoms with Crippen LogP contribution < -0.4 is 10.1 Å². The third-order valence-corrected chi connectivity index (χ3v) is 3.90. The zero-order chi connectivity index (χ0) is 16.1. The Kier molecular flexibility index (Phi) is 5.57. The van der Waals surface area contributed by atoms with Crippen molar-refractivity contribution in [2.75, 3.05) is 38.2 Å². The van der Waals surface area contributed by atoms with Gasteiger partial charge in [0.05, 0.1) is 12.3 Å². The normalized spacial score (nSPS) is 21.0. The minimum Gasteiger partial charge on any atom is -0.492 e. The van der Waals surface area contributed by atoms with Gasteiger partial charge in [0.15, 0.2) is 0 Å². The molecule has 3 N–H and O–H groups in total. The number of nitrogens with one attached hydrogen (secondary N) is 1. The molecule has 122 valence electrons. The fraction of sp³-hybridized carbons (Fsp3) is 0.600. The lowest BCUT2D eigenvalue weighted by Crippen LogP contribution is -2.34. The lowest BCUT2D eigenvalue weighted by Gasteiger charge is -2.17. The van der Waals surface area contributed by atoms with Crippen molar-refractivity contribution >= 4 is 11.8 Å². The topological polar surface area (TPSA) is 94.9 Å². The van der Waals surface area contributed by atoms with E-state index in [2.05, 4.69) is 10.3 Å². The first-order valence-corrected chi connectivity index (χ1v) is 7.47. The van der Waals surface area contributed by atoms with E-state index in [0.717, 1.165) is 0 Å². The highest BCUT2D eigenvalue weighted by Crippen LogP contribution is 2.24. The molecule has 0 bridgehead atoms. The molecule has 2 atom stereocenters. The molecule has 0 unspecified atom stereocenters. The Hall–Kier alpha value is -1.86. The fourth-order valence-electron chi connectivity index (χ4n) is 2.63. The number of nitrogens with zero attached hydrogens (tertiary/aromatic N) is 2. The molecule has 1 aliphatic rings. The van der Waals surface area contributed by atoms with E-state index in [-0.39, 0.29) is 31.1 Å². The summed E-state index contributed by atoms with van der Waals surface area (Å²) >= 11 is 0. The number of hydrogen-bond donors (Lipinski definition) is 3. The average molecular weight is 309 g/mol. The molecule has 0 saturated carbocycles. The molecule has 7 nitrogen and oxygen atoms in total. The van der Waals surface area contributed by atoms with Crippen molar-refractivity contribution in [1.82, 2.24) is 9.88 Å². The number of aliphatic hydroxyl groups excluding tert-OH is 2. The van der Waals surface area contributed by atoms with Gasteiger partial charge in [0, 0.05) is 38.1 Å². The number of rotatable bonds is 5. The first kappa shape index (κ1) is 16.5. The van der Waals surface area contributed by atoms with Crippen LogP contribution in [0.25, 0.3) is 0 Å². The molecule has 2 rings (SSSR count). The van der Waals surface area contributed by atoms with Gasteiger partial charge in [-0.15, -0.1) is 0 Å². The predicted octanol–water partition coefficient (Wildman–Crippen LogP) is 0.853. The Labute approximate surface area is 129 Å². The Balaban J connectivity index is 1.99. The zero-order valence-corrected chi connectivity index (χ0v) is 13.0. The van der Waals surface area contributed by atoms with Crippen LogP contribution in [0.4, 0.5) is 10.6 Å². The molecule has 7 heteroatoms. The van der Waals surface area contributed by atoms with Crippen LogP contribution in [0.5, 0.6) is 5.75 Å². The molecule has 0 aliphatic carbocycles. The van der Waals surface area contributed by atoms with Gasteiger partial charge in [0.1, 0.15) is 11.6 Å². The van der Waals surface area contributed by atoms with Crippen LogP contribution in [0, 0.1) is 18.8 Å². The van der Waals surface area contributed by atoms with Crippen molar-refractivity contribution in [1.29, 1.82) is 0 Å². The van der Waals surface area contributed by atoms with Gasteiger partial charge in [-0.3, -0.25) is 5.32 Å². The molecule has 1 saturated heterocycles. The Morgan fingerprint density at radius 2 is 2.00 bits per heavy atom. The van der Waals surface area contributed by atoms with Crippen LogP contribution in [-0.4, -0.2) is 59.0 Å². The second-order valence-electron chi connectivity index (χ2n) is 5.43. The van der Waals surface area contributed by atoms with Crippen LogP contribution in [0.2, 0.25) is 0 Å². The van der Waals surface area contributed by atoms with Crippen LogP contribution >= 0.6 is 0 Å². The van der Waals surface area contributed by atoms with Gasteiger partial charge in [0.2, 0.25) is 0 Å². The van der Waals surface area contributed by atoms with Gasteiger partial charge in [-0.25, -0.2) is 9.78 Å². The number of urea groups is 1. The number of amides is 2. The maximum absolute atomic E-state index is 12.2. The van der Waals surface area contributed by atoms with Crippen molar-refractivity contribution in [2.45, 2.75) is 13.8 Å². The minimum absolute atomic E-state index is 0.0323. The van der Waals surface area contributed by atoms with Gasteiger partial charge in [-0.1, -0.05) is 0 Å². The molecule has 1 aromatic heterocycles. The summed E-state index contributed by atoms with van der Waals surface area (Å²) in [5, 5.41) is 21.3. The Bertz CT molecular complexity index is 512. The lowest BCUT2D eigenvalue weighted by molar-refractivity contribution is 0.152. The third-order valence-electron chi connectivity index (χ3n) is 3.90. The van der Waals surface area contributed by atoms with Crippen molar-refractivity contribution in [3.63, 3.8) is 0 Å². The van der Waals surface area contributed by atoms with Crippen LogP contribution in [0.1, 0.15) is 12.6 Å². The van der Waals surface area contributed by atoms with Gasteiger partial charge in [0.25, 0.3) is 0 Å². The summed E-state index contributed by atoms with van der Waals surface area (Å²) < 4.78 is 5.41. The predicted molar refractivity (Wildman–Crippen MR) is 81.9 cm³/mol. The standard InChI is InChI=1S/C15H23N3O4/c1-3-22-13-4-5-14(16-10(13)2)17-15(21)18-6-11(8-19)12(7-18)9-20/h4-5,11-12,19-20H,3,6-9H2,1-2H3,(H,16,17,21)/t11-,12-/m0/s1. The van der Waals surface area contributed by atoms with Gasteiger partial charge in [-0.05, 0) is 26.0 Å². The van der Waals surface area contributed by atoms with Gasteiger partial charge in [-0.2, -0.15) is 0 Å². The summed E-state index contributed by atoms with van der Waals surface area (Å²) in [7, 11) is 0. The van der Waals surface area contributed by atoms with Gasteiger partial charge >= 0.3 is 6.03 Å². The van der Waals surface area contributed by atoms with Crippen molar-refractivity contribution in [2.24, 2.45) is 11.8 Å². The van der Waals surface area contributed by atoms with E-state index in [1.807, 2.05) is 13.8 Å². The number of hydrogen-bond acceptors (Lipinski definition) is 5. The summed E-state index contributed by atoms with van der Waals surface area (Å²) in [6.45, 7) is 5.09. The van der Waals surface area contributed by atoms with E-state index in [1.54, 1.807) is 17.0 Å². The van der Waals surface area contributed by atoms with Crippen molar-refractivity contribution in [3.05, 3.63) is 17.8 Å². The molecular formula is C15H23N3O4. The molecule has 22 heavy (non-hydrogen) atoms. The van der Waals surface area contributed by atoms with Crippen LogP contribution in [0.15, 0.2) is 12.1 Å². The number of likely N-dealkylation sites (tertiary alicyclic amines) is 1. The summed E-state index contributed by atoms with van der Waals surface area (Å²) in [5.74, 6) is 0.998. The number of aromatic nitrogens is 1. The summed E-state index contributed by atoms with van der Waals surface area (Å²) in [5.41, 5.74) is 0.711. The first-order valence-electron chi connectivity index (χ1n) is 7.47. The summed E-state index contributed by atoms with van der Waals surface area (Å²) in [4.78, 5) is 18.1. The monoisotopic (exact) mass is 309 g/mol. The van der Waals surface area contributed by atoms with Crippen molar-refractivity contribution in [3.8, 4) is 5.75 Å². The number of ether oxygens (including phenoxy) is 1. The zero-order valence-electron chi connectivity index (χ0n) is 13.0. The highest BCUT2D eigenvalue weighted by atomic mass is 16.5. The number of carbonyl (C=O) groups excluding carboxylic acids is 1. The van der Waals surface area contributed by atoms with Crippen LogP contribution in [0.3, 0.4) is 0 Å². The number of aliphatic hydroxyl groups is 2. The molecule has 1 aliphatic heterocycles. The molecular weight excluding hydrogens is 286 g/mol. The van der Waals surface area contributed by atoms with E-state index in [9.17, 15) is 15.0 Å². The fourth-order valence-corrected chi connectivity index (χ4v) is 2.63. The number of anilines is 1. The quantitative estimate of drug-likeness (QED) is 0.749. The van der Waals surface area contributed by atoms with E-state index >= 15 is 0 Å². The molecule has 0 aromatic carbocycles. The second kappa shape index (κ2) is 7.42.